The van der Waals surface area contributed by atoms with Crippen molar-refractivity contribution in [3.63, 3.8) is 0 Å². The van der Waals surface area contributed by atoms with E-state index in [1.165, 1.54) is 18.8 Å². The molecule has 104 valence electrons. The van der Waals surface area contributed by atoms with Crippen LogP contribution in [0.3, 0.4) is 0 Å². The molecule has 9 heteroatoms. The summed E-state index contributed by atoms with van der Waals surface area (Å²) in [6.45, 7) is 4.09. The molecule has 0 radical (unpaired) electrons. The smallest absolute Gasteiger partial charge is 0.296 e. The highest BCUT2D eigenvalue weighted by molar-refractivity contribution is 8.13. The van der Waals surface area contributed by atoms with Crippen LogP contribution < -0.4 is 0 Å². The molecule has 0 atom stereocenters. The Morgan fingerprint density at radius 3 is 2.39 bits per heavy atom. The van der Waals surface area contributed by atoms with Gasteiger partial charge < -0.3 is 9.47 Å². The lowest BCUT2D eigenvalue weighted by Gasteiger charge is -2.22. The first-order valence-electron chi connectivity index (χ1n) is 5.16. The molecule has 0 N–H and O–H groups in total. The molecule has 7 nitrogen and oxygen atoms in total. The van der Waals surface area contributed by atoms with E-state index >= 15 is 0 Å². The second-order valence-electron chi connectivity index (χ2n) is 4.10. The molecule has 0 aliphatic carbocycles. The Morgan fingerprint density at radius 2 is 1.94 bits per heavy atom. The maximum Gasteiger partial charge on any atom is 0.296 e. The van der Waals surface area contributed by atoms with Crippen molar-refractivity contribution >= 4 is 19.7 Å². The molecular formula is C9H16ClN3O4S. The Kier molecular flexibility index (Phi) is 4.71. The maximum atomic E-state index is 11.4. The van der Waals surface area contributed by atoms with Gasteiger partial charge >= 0.3 is 0 Å². The van der Waals surface area contributed by atoms with Gasteiger partial charge in [-0.25, -0.2) is 8.42 Å². The van der Waals surface area contributed by atoms with Gasteiger partial charge in [0.25, 0.3) is 14.2 Å². The van der Waals surface area contributed by atoms with Crippen molar-refractivity contribution in [3.8, 4) is 0 Å². The van der Waals surface area contributed by atoms with Gasteiger partial charge in [0.05, 0.1) is 13.2 Å². The lowest BCUT2D eigenvalue weighted by molar-refractivity contribution is 0.00685. The maximum absolute atomic E-state index is 11.4. The van der Waals surface area contributed by atoms with E-state index in [4.69, 9.17) is 20.2 Å². The van der Waals surface area contributed by atoms with E-state index in [-0.39, 0.29) is 11.7 Å². The topological polar surface area (TPSA) is 83.3 Å². The van der Waals surface area contributed by atoms with Crippen molar-refractivity contribution in [2.75, 3.05) is 20.8 Å². The standard InChI is InChI=1S/C9H16ClN3O4S/c1-9(2,17-4)7-11-12-8(18(10,14)15)13(7)5-6-16-3/h5-6H2,1-4H3. The fourth-order valence-electron chi connectivity index (χ4n) is 1.39. The molecule has 0 aromatic carbocycles. The lowest BCUT2D eigenvalue weighted by Crippen LogP contribution is -2.26. The molecule has 18 heavy (non-hydrogen) atoms. The number of aromatic nitrogens is 3. The molecule has 0 spiro atoms. The summed E-state index contributed by atoms with van der Waals surface area (Å²) in [5.41, 5.74) is -0.777. The first-order chi connectivity index (χ1) is 8.24. The lowest BCUT2D eigenvalue weighted by atomic mass is 10.1. The Hall–Kier alpha value is -0.700. The minimum Gasteiger partial charge on any atom is -0.383 e. The van der Waals surface area contributed by atoms with E-state index in [0.717, 1.165) is 0 Å². The van der Waals surface area contributed by atoms with E-state index in [1.807, 2.05) is 0 Å². The number of methoxy groups -OCH3 is 2. The molecule has 1 aromatic rings. The highest BCUT2D eigenvalue weighted by atomic mass is 35.7. The number of rotatable bonds is 6. The van der Waals surface area contributed by atoms with Gasteiger partial charge in [-0.15, -0.1) is 10.2 Å². The van der Waals surface area contributed by atoms with Gasteiger partial charge in [0.1, 0.15) is 5.60 Å². The van der Waals surface area contributed by atoms with Crippen LogP contribution in [0.15, 0.2) is 5.16 Å². The summed E-state index contributed by atoms with van der Waals surface area (Å²) in [5, 5.41) is 7.15. The minimum atomic E-state index is -3.96. The van der Waals surface area contributed by atoms with Crippen LogP contribution in [0.1, 0.15) is 19.7 Å². The Balaban J connectivity index is 3.33. The number of nitrogens with zero attached hydrogens (tertiary/aromatic N) is 3. The Bertz CT molecular complexity index is 512. The molecular weight excluding hydrogens is 282 g/mol. The van der Waals surface area contributed by atoms with Crippen molar-refractivity contribution in [2.45, 2.75) is 31.1 Å². The Labute approximate surface area is 110 Å². The molecule has 1 heterocycles. The van der Waals surface area contributed by atoms with Crippen LogP contribution in [0.2, 0.25) is 0 Å². The fraction of sp³-hybridized carbons (Fsp3) is 0.778. The van der Waals surface area contributed by atoms with Crippen molar-refractivity contribution in [1.29, 1.82) is 0 Å². The van der Waals surface area contributed by atoms with E-state index in [1.54, 1.807) is 13.8 Å². The average Bonchev–Trinajstić information content (AvgIpc) is 2.70. The number of hydrogen-bond donors (Lipinski definition) is 0. The third kappa shape index (κ3) is 3.19. The highest BCUT2D eigenvalue weighted by Crippen LogP contribution is 2.25. The summed E-state index contributed by atoms with van der Waals surface area (Å²) in [7, 11) is 4.37. The monoisotopic (exact) mass is 297 g/mol. The Morgan fingerprint density at radius 1 is 1.33 bits per heavy atom. The zero-order chi connectivity index (χ0) is 14.0. The number of ether oxygens (including phenoxy) is 2. The molecule has 0 aliphatic heterocycles. The van der Waals surface area contributed by atoms with E-state index in [2.05, 4.69) is 10.2 Å². The van der Waals surface area contributed by atoms with Crippen LogP contribution >= 0.6 is 10.7 Å². The zero-order valence-corrected chi connectivity index (χ0v) is 12.2. The molecule has 0 saturated carbocycles. The molecule has 0 saturated heterocycles. The number of hydrogen-bond acceptors (Lipinski definition) is 6. The van der Waals surface area contributed by atoms with Gasteiger partial charge in [0.15, 0.2) is 5.82 Å². The number of halogens is 1. The van der Waals surface area contributed by atoms with E-state index in [9.17, 15) is 8.42 Å². The second-order valence-corrected chi connectivity index (χ2v) is 6.56. The highest BCUT2D eigenvalue weighted by Gasteiger charge is 2.31. The predicted molar refractivity (Wildman–Crippen MR) is 65.0 cm³/mol. The fourth-order valence-corrected chi connectivity index (χ4v) is 2.31. The summed E-state index contributed by atoms with van der Waals surface area (Å²) in [6, 6.07) is 0. The van der Waals surface area contributed by atoms with Crippen LogP contribution in [-0.2, 0) is 30.7 Å². The third-order valence-electron chi connectivity index (χ3n) is 2.50. The van der Waals surface area contributed by atoms with Gasteiger partial charge in [-0.3, -0.25) is 4.57 Å². The van der Waals surface area contributed by atoms with Crippen LogP contribution in [0, 0.1) is 0 Å². The van der Waals surface area contributed by atoms with Gasteiger partial charge in [0.2, 0.25) is 0 Å². The molecule has 0 fully saturated rings. The summed E-state index contributed by atoms with van der Waals surface area (Å²) in [5.74, 6) is 0.376. The quantitative estimate of drug-likeness (QED) is 0.720. The SMILES string of the molecule is COCCn1c(C(C)(C)OC)nnc1S(=O)(=O)Cl. The molecule has 0 amide bonds. The second kappa shape index (κ2) is 5.52. The summed E-state index contributed by atoms with van der Waals surface area (Å²) >= 11 is 0. The third-order valence-corrected chi connectivity index (χ3v) is 3.65. The zero-order valence-electron chi connectivity index (χ0n) is 10.7. The van der Waals surface area contributed by atoms with Crippen LogP contribution in [0.5, 0.6) is 0 Å². The molecule has 0 bridgehead atoms. The van der Waals surface area contributed by atoms with E-state index < -0.39 is 14.7 Å². The van der Waals surface area contributed by atoms with Crippen LogP contribution in [0.4, 0.5) is 0 Å². The summed E-state index contributed by atoms with van der Waals surface area (Å²) in [4.78, 5) is 0. The van der Waals surface area contributed by atoms with Crippen LogP contribution in [0.25, 0.3) is 0 Å². The first kappa shape index (κ1) is 15.4. The summed E-state index contributed by atoms with van der Waals surface area (Å²) in [6.07, 6.45) is 0. The van der Waals surface area contributed by atoms with Gasteiger partial charge in [0, 0.05) is 24.9 Å². The van der Waals surface area contributed by atoms with Crippen molar-refractivity contribution < 1.29 is 17.9 Å². The van der Waals surface area contributed by atoms with Crippen LogP contribution in [-0.4, -0.2) is 44.0 Å². The van der Waals surface area contributed by atoms with Gasteiger partial charge in [-0.2, -0.15) is 0 Å². The molecule has 1 rings (SSSR count). The van der Waals surface area contributed by atoms with Crippen molar-refractivity contribution in [2.24, 2.45) is 0 Å². The van der Waals surface area contributed by atoms with Gasteiger partial charge in [-0.05, 0) is 13.8 Å². The molecule has 0 unspecified atom stereocenters. The summed E-state index contributed by atoms with van der Waals surface area (Å²) < 4.78 is 34.4. The van der Waals surface area contributed by atoms with Crippen molar-refractivity contribution in [3.05, 3.63) is 5.82 Å². The molecule has 0 aliphatic rings. The van der Waals surface area contributed by atoms with Crippen molar-refractivity contribution in [1.82, 2.24) is 14.8 Å². The largest absolute Gasteiger partial charge is 0.383 e. The van der Waals surface area contributed by atoms with E-state index in [0.29, 0.717) is 12.4 Å². The van der Waals surface area contributed by atoms with Gasteiger partial charge in [-0.1, -0.05) is 0 Å². The first-order valence-corrected chi connectivity index (χ1v) is 7.47. The normalized spacial score (nSPS) is 12.9. The molecule has 1 aromatic heterocycles. The minimum absolute atomic E-state index is 0.271. The predicted octanol–water partition coefficient (Wildman–Crippen LogP) is 0.734. The average molecular weight is 298 g/mol.